The molecule has 0 saturated carbocycles. The van der Waals surface area contributed by atoms with E-state index < -0.39 is 29.6 Å². The molecule has 144 valence electrons. The van der Waals surface area contributed by atoms with Gasteiger partial charge in [-0.2, -0.15) is 0 Å². The van der Waals surface area contributed by atoms with E-state index in [1.54, 1.807) is 18.2 Å². The van der Waals surface area contributed by atoms with Crippen molar-refractivity contribution in [3.63, 3.8) is 0 Å². The fourth-order valence-electron chi connectivity index (χ4n) is 3.49. The largest absolute Gasteiger partial charge is 0.481 e. The molecule has 2 unspecified atom stereocenters. The molecule has 0 amide bonds. The van der Waals surface area contributed by atoms with Crippen molar-refractivity contribution < 1.29 is 33.9 Å². The summed E-state index contributed by atoms with van der Waals surface area (Å²) < 4.78 is 15.2. The fraction of sp³-hybridized carbons (Fsp3) is 0.412. The van der Waals surface area contributed by atoms with Crippen LogP contribution in [0.4, 0.5) is 0 Å². The molecule has 10 heteroatoms. The Kier molecular flexibility index (Phi) is 4.85. The van der Waals surface area contributed by atoms with E-state index in [1.807, 2.05) is 0 Å². The van der Waals surface area contributed by atoms with E-state index in [0.29, 0.717) is 16.6 Å². The average molecular weight is 377 g/mol. The van der Waals surface area contributed by atoms with Gasteiger partial charge in [-0.3, -0.25) is 4.79 Å². The monoisotopic (exact) mass is 377 g/mol. The highest BCUT2D eigenvalue weighted by Crippen LogP contribution is 2.47. The van der Waals surface area contributed by atoms with Gasteiger partial charge >= 0.3 is 11.9 Å². The summed E-state index contributed by atoms with van der Waals surface area (Å²) in [5, 5.41) is 30.3. The van der Waals surface area contributed by atoms with Crippen molar-refractivity contribution in [1.82, 2.24) is 15.6 Å². The van der Waals surface area contributed by atoms with Crippen LogP contribution in [0.25, 0.3) is 11.0 Å². The molecule has 0 aliphatic carbocycles. The molecule has 0 saturated heterocycles. The Morgan fingerprint density at radius 2 is 2.00 bits per heavy atom. The molecule has 2 heterocycles. The van der Waals surface area contributed by atoms with Crippen LogP contribution in [0.2, 0.25) is 0 Å². The Morgan fingerprint density at radius 3 is 2.59 bits per heavy atom. The van der Waals surface area contributed by atoms with E-state index in [-0.39, 0.29) is 17.8 Å². The Bertz CT molecular complexity index is 918. The van der Waals surface area contributed by atoms with Crippen molar-refractivity contribution in [2.24, 2.45) is 5.41 Å². The van der Waals surface area contributed by atoms with E-state index in [9.17, 15) is 19.8 Å². The van der Waals surface area contributed by atoms with Gasteiger partial charge in [-0.15, -0.1) is 0 Å². The lowest BCUT2D eigenvalue weighted by Crippen LogP contribution is -2.51. The molecule has 0 bridgehead atoms. The summed E-state index contributed by atoms with van der Waals surface area (Å²) in [5.41, 5.74) is -0.390. The van der Waals surface area contributed by atoms with Crippen molar-refractivity contribution in [3.05, 3.63) is 35.0 Å². The number of methoxy groups -OCH3 is 2. The zero-order valence-electron chi connectivity index (χ0n) is 14.9. The maximum atomic E-state index is 12.2. The summed E-state index contributed by atoms with van der Waals surface area (Å²) >= 11 is 0. The molecule has 3 rings (SSSR count). The van der Waals surface area contributed by atoms with Gasteiger partial charge in [0, 0.05) is 26.7 Å². The number of rotatable bonds is 6. The molecule has 10 nitrogen and oxygen atoms in total. The van der Waals surface area contributed by atoms with Gasteiger partial charge in [0.2, 0.25) is 0 Å². The summed E-state index contributed by atoms with van der Waals surface area (Å²) in [4.78, 5) is 24.3. The maximum absolute atomic E-state index is 12.2. The number of hydrogen-bond donors (Lipinski definition) is 3. The number of fused-ring (bicyclic) bond motifs is 1. The van der Waals surface area contributed by atoms with Gasteiger partial charge in [0.05, 0.1) is 16.7 Å². The van der Waals surface area contributed by atoms with Gasteiger partial charge in [-0.25, -0.2) is 9.42 Å². The molecule has 1 aromatic heterocycles. The number of aliphatic carboxylic acids is 2. The van der Waals surface area contributed by atoms with Crippen LogP contribution in [0.1, 0.15) is 18.4 Å². The lowest BCUT2D eigenvalue weighted by Gasteiger charge is -2.41. The van der Waals surface area contributed by atoms with E-state index >= 15 is 0 Å². The predicted octanol–water partition coefficient (Wildman–Crippen LogP) is 0.958. The van der Waals surface area contributed by atoms with Crippen molar-refractivity contribution in [2.45, 2.75) is 19.1 Å². The molecule has 0 fully saturated rings. The summed E-state index contributed by atoms with van der Waals surface area (Å²) in [6, 6.07) is 4.92. The van der Waals surface area contributed by atoms with Crippen LogP contribution in [-0.2, 0) is 19.1 Å². The number of hydrogen-bond acceptors (Lipinski definition) is 8. The fourth-order valence-corrected chi connectivity index (χ4v) is 3.49. The first kappa shape index (κ1) is 18.8. The highest BCUT2D eigenvalue weighted by molar-refractivity contribution is 5.94. The van der Waals surface area contributed by atoms with Gasteiger partial charge in [-0.05, 0) is 28.9 Å². The molecule has 3 N–H and O–H groups in total. The second-order valence-corrected chi connectivity index (χ2v) is 6.42. The smallest absolute Gasteiger partial charge is 0.334 e. The minimum Gasteiger partial charge on any atom is -0.481 e. The number of carboxylic acid groups (broad SMARTS) is 2. The van der Waals surface area contributed by atoms with E-state index in [0.717, 1.165) is 0 Å². The van der Waals surface area contributed by atoms with E-state index in [2.05, 4.69) is 15.6 Å². The van der Waals surface area contributed by atoms with Crippen molar-refractivity contribution in [1.29, 1.82) is 0 Å². The second-order valence-electron chi connectivity index (χ2n) is 6.42. The van der Waals surface area contributed by atoms with Gasteiger partial charge in [-0.1, -0.05) is 12.1 Å². The maximum Gasteiger partial charge on any atom is 0.334 e. The second kappa shape index (κ2) is 6.97. The molecule has 27 heavy (non-hydrogen) atoms. The first-order valence-corrected chi connectivity index (χ1v) is 8.06. The quantitative estimate of drug-likeness (QED) is 0.622. The Hall–Kier alpha value is -2.98. The molecular formula is C17H19N3O7. The van der Waals surface area contributed by atoms with Crippen LogP contribution in [0.3, 0.4) is 0 Å². The van der Waals surface area contributed by atoms with Crippen LogP contribution in [0.15, 0.2) is 34.1 Å². The van der Waals surface area contributed by atoms with Crippen LogP contribution in [0.5, 0.6) is 0 Å². The number of ether oxygens (including phenoxy) is 2. The van der Waals surface area contributed by atoms with Crippen molar-refractivity contribution >= 4 is 23.0 Å². The third-order valence-electron chi connectivity index (χ3n) is 4.87. The first-order chi connectivity index (χ1) is 12.8. The SMILES string of the molecule is COC(OC)C1=C(C(=O)O)C(c2cccc3nonc23)C(C)(C(=O)O)CN1. The van der Waals surface area contributed by atoms with E-state index in [4.69, 9.17) is 14.1 Å². The third kappa shape index (κ3) is 2.92. The van der Waals surface area contributed by atoms with E-state index in [1.165, 1.54) is 21.1 Å². The number of aromatic nitrogens is 2. The van der Waals surface area contributed by atoms with Crippen LogP contribution >= 0.6 is 0 Å². The third-order valence-corrected chi connectivity index (χ3v) is 4.87. The number of benzene rings is 1. The molecule has 0 spiro atoms. The molecule has 2 atom stereocenters. The molecule has 1 aromatic carbocycles. The summed E-state index contributed by atoms with van der Waals surface area (Å²) in [5.74, 6) is -3.49. The normalized spacial score (nSPS) is 22.9. The van der Waals surface area contributed by atoms with Gasteiger partial charge in [0.1, 0.15) is 11.0 Å². The Labute approximate surface area is 153 Å². The van der Waals surface area contributed by atoms with Gasteiger partial charge in [0.15, 0.2) is 6.29 Å². The average Bonchev–Trinajstić information content (AvgIpc) is 3.12. The minimum atomic E-state index is -1.48. The number of carboxylic acids is 2. The number of nitrogens with zero attached hydrogens (tertiary/aromatic N) is 2. The lowest BCUT2D eigenvalue weighted by atomic mass is 9.66. The van der Waals surface area contributed by atoms with Crippen LogP contribution in [-0.4, -0.2) is 59.5 Å². The van der Waals surface area contributed by atoms with Crippen molar-refractivity contribution in [3.8, 4) is 0 Å². The highest BCUT2D eigenvalue weighted by Gasteiger charge is 2.51. The van der Waals surface area contributed by atoms with Crippen molar-refractivity contribution in [2.75, 3.05) is 20.8 Å². The summed E-state index contributed by atoms with van der Waals surface area (Å²) in [6.45, 7) is 1.44. The minimum absolute atomic E-state index is 0.0377. The summed E-state index contributed by atoms with van der Waals surface area (Å²) in [7, 11) is 2.73. The summed E-state index contributed by atoms with van der Waals surface area (Å²) in [6.07, 6.45) is -0.994. The Balaban J connectivity index is 2.34. The predicted molar refractivity (Wildman–Crippen MR) is 90.8 cm³/mol. The molecule has 0 radical (unpaired) electrons. The molecular weight excluding hydrogens is 358 g/mol. The first-order valence-electron chi connectivity index (χ1n) is 8.06. The molecule has 1 aliphatic rings. The topological polar surface area (TPSA) is 144 Å². The van der Waals surface area contributed by atoms with Gasteiger partial charge < -0.3 is 25.0 Å². The molecule has 1 aliphatic heterocycles. The van der Waals surface area contributed by atoms with Gasteiger partial charge in [0.25, 0.3) is 0 Å². The lowest BCUT2D eigenvalue weighted by molar-refractivity contribution is -0.150. The molecule has 2 aromatic rings. The zero-order chi connectivity index (χ0) is 19.8. The number of nitrogens with one attached hydrogen (secondary N) is 1. The Morgan fingerprint density at radius 1 is 1.30 bits per heavy atom. The highest BCUT2D eigenvalue weighted by atomic mass is 16.7. The van der Waals surface area contributed by atoms with Crippen LogP contribution < -0.4 is 5.32 Å². The zero-order valence-corrected chi connectivity index (χ0v) is 14.9. The standard InChI is InChI=1S/C17H19N3O7/c1-17(16(23)24)7-18-13(15(25-2)26-3)10(14(21)22)11(17)8-5-4-6-9-12(8)20-27-19-9/h4-6,11,15,18H,7H2,1-3H3,(H,21,22)(H,23,24). The van der Waals surface area contributed by atoms with Crippen LogP contribution in [0, 0.1) is 5.41 Å². The number of carbonyl (C=O) groups is 2.